The summed E-state index contributed by atoms with van der Waals surface area (Å²) in [5.41, 5.74) is 0. The minimum absolute atomic E-state index is 0.780. The molecule has 0 spiro atoms. The molecule has 0 aliphatic rings. The van der Waals surface area contributed by atoms with Gasteiger partial charge in [0.25, 0.3) is 0 Å². The fourth-order valence-corrected chi connectivity index (χ4v) is 1.06. The van der Waals surface area contributed by atoms with E-state index in [0.717, 1.165) is 10.5 Å². The van der Waals surface area contributed by atoms with Crippen molar-refractivity contribution in [3.63, 3.8) is 0 Å². The van der Waals surface area contributed by atoms with Gasteiger partial charge >= 0.3 is 0 Å². The molecule has 0 aromatic carbocycles. The summed E-state index contributed by atoms with van der Waals surface area (Å²) >= 11 is 10.1. The number of nitrogens with one attached hydrogen (secondary N) is 1. The number of hydrogen-bond acceptors (Lipinski definition) is 1. The van der Waals surface area contributed by atoms with Gasteiger partial charge in [0.1, 0.15) is 4.64 Å². The Balaban J connectivity index is 0.000000226. The number of unbranched alkanes of at least 4 members (excludes halogenated alkanes) is 2. The Morgan fingerprint density at radius 3 is 2.38 bits per heavy atom. The van der Waals surface area contributed by atoms with Crippen LogP contribution in [0.2, 0.25) is 0 Å². The maximum Gasteiger partial charge on any atom is 0.103 e. The van der Waals surface area contributed by atoms with Crippen LogP contribution in [0.3, 0.4) is 0 Å². The number of alkyl halides is 1. The number of H-pyrrole nitrogens is 1. The van der Waals surface area contributed by atoms with E-state index in [1.54, 1.807) is 0 Å². The highest BCUT2D eigenvalue weighted by Gasteiger charge is 1.76. The van der Waals surface area contributed by atoms with Crippen LogP contribution in [-0.2, 0) is 0 Å². The molecule has 74 valence electrons. The second-order valence-corrected chi connectivity index (χ2v) is 3.44. The molecule has 1 aromatic rings. The summed E-state index contributed by atoms with van der Waals surface area (Å²) in [5.74, 6) is 0.827. The predicted octanol–water partition coefficient (Wildman–Crippen LogP) is 4.16. The van der Waals surface area contributed by atoms with Crippen molar-refractivity contribution in [2.75, 3.05) is 5.88 Å². The van der Waals surface area contributed by atoms with Gasteiger partial charge < -0.3 is 4.98 Å². The normalized spacial score (nSPS) is 8.77. The highest BCUT2D eigenvalue weighted by atomic mass is 35.5. The molecule has 0 saturated heterocycles. The average Bonchev–Trinajstić information content (AvgIpc) is 2.17. The molecule has 0 amide bonds. The summed E-state index contributed by atoms with van der Waals surface area (Å²) in [6.07, 6.45) is 5.54. The topological polar surface area (TPSA) is 15.8 Å². The van der Waals surface area contributed by atoms with Crippen molar-refractivity contribution in [2.45, 2.75) is 26.2 Å². The Hall–Kier alpha value is -0.340. The number of rotatable bonds is 3. The van der Waals surface area contributed by atoms with Crippen molar-refractivity contribution < 1.29 is 0 Å². The fraction of sp³-hybridized carbons (Fsp3) is 0.500. The molecular weight excluding hydrogens is 202 g/mol. The maximum absolute atomic E-state index is 5.38. The largest absolute Gasteiger partial charge is 0.353 e. The third-order valence-electron chi connectivity index (χ3n) is 1.42. The molecule has 1 aromatic heterocycles. The van der Waals surface area contributed by atoms with E-state index in [-0.39, 0.29) is 0 Å². The molecule has 3 heteroatoms. The van der Waals surface area contributed by atoms with Crippen molar-refractivity contribution in [2.24, 2.45) is 0 Å². The minimum atomic E-state index is 0.780. The lowest BCUT2D eigenvalue weighted by molar-refractivity contribution is 0.776. The van der Waals surface area contributed by atoms with Crippen LogP contribution >= 0.6 is 23.8 Å². The SMILES string of the molecule is CCCCCCl.S=c1cccc[nH]1. The van der Waals surface area contributed by atoms with Crippen molar-refractivity contribution in [1.29, 1.82) is 0 Å². The zero-order valence-corrected chi connectivity index (χ0v) is 9.50. The van der Waals surface area contributed by atoms with Crippen LogP contribution < -0.4 is 0 Å². The van der Waals surface area contributed by atoms with E-state index in [9.17, 15) is 0 Å². The minimum Gasteiger partial charge on any atom is -0.353 e. The van der Waals surface area contributed by atoms with E-state index in [1.807, 2.05) is 24.4 Å². The molecule has 0 radical (unpaired) electrons. The summed E-state index contributed by atoms with van der Waals surface area (Å²) in [6, 6.07) is 5.64. The van der Waals surface area contributed by atoms with Gasteiger partial charge in [0, 0.05) is 12.1 Å². The second kappa shape index (κ2) is 9.75. The summed E-state index contributed by atoms with van der Waals surface area (Å²) in [4.78, 5) is 2.85. The van der Waals surface area contributed by atoms with Gasteiger partial charge in [-0.2, -0.15) is 0 Å². The Bertz CT molecular complexity index is 225. The standard InChI is InChI=1S/C5H11Cl.C5H5NS/c1-2-3-4-5-6;7-5-3-1-2-4-6-5/h2-5H2,1H3;1-4H,(H,6,7). The maximum atomic E-state index is 5.38. The van der Waals surface area contributed by atoms with E-state index in [0.29, 0.717) is 0 Å². The van der Waals surface area contributed by atoms with E-state index in [4.69, 9.17) is 23.8 Å². The quantitative estimate of drug-likeness (QED) is 0.457. The van der Waals surface area contributed by atoms with E-state index in [2.05, 4.69) is 11.9 Å². The molecule has 0 aliphatic carbocycles. The van der Waals surface area contributed by atoms with Crippen LogP contribution in [0.15, 0.2) is 24.4 Å². The molecule has 0 fully saturated rings. The predicted molar refractivity (Wildman–Crippen MR) is 61.9 cm³/mol. The molecule has 1 heterocycles. The first-order chi connectivity index (χ1) is 6.31. The lowest BCUT2D eigenvalue weighted by Gasteiger charge is -1.84. The third-order valence-corrected chi connectivity index (χ3v) is 1.94. The Labute approximate surface area is 90.1 Å². The number of hydrogen-bond donors (Lipinski definition) is 1. The number of aromatic amines is 1. The summed E-state index contributed by atoms with van der Waals surface area (Å²) in [7, 11) is 0. The number of pyridine rings is 1. The van der Waals surface area contributed by atoms with Crippen LogP contribution in [-0.4, -0.2) is 10.9 Å². The molecule has 1 nitrogen and oxygen atoms in total. The highest BCUT2D eigenvalue weighted by Crippen LogP contribution is 1.93. The first kappa shape index (κ1) is 12.7. The van der Waals surface area contributed by atoms with E-state index in [1.165, 1.54) is 19.3 Å². The summed E-state index contributed by atoms with van der Waals surface area (Å²) in [5, 5.41) is 0. The fourth-order valence-electron chi connectivity index (χ4n) is 0.721. The molecule has 0 saturated carbocycles. The van der Waals surface area contributed by atoms with E-state index >= 15 is 0 Å². The monoisotopic (exact) mass is 217 g/mol. The van der Waals surface area contributed by atoms with Gasteiger partial charge in [0.05, 0.1) is 0 Å². The average molecular weight is 218 g/mol. The van der Waals surface area contributed by atoms with Crippen molar-refractivity contribution in [3.8, 4) is 0 Å². The third kappa shape index (κ3) is 9.57. The summed E-state index contributed by atoms with van der Waals surface area (Å²) < 4.78 is 0.780. The summed E-state index contributed by atoms with van der Waals surface area (Å²) in [6.45, 7) is 2.17. The van der Waals surface area contributed by atoms with Crippen LogP contribution in [0.4, 0.5) is 0 Å². The molecule has 13 heavy (non-hydrogen) atoms. The van der Waals surface area contributed by atoms with Gasteiger partial charge in [-0.25, -0.2) is 0 Å². The lowest BCUT2D eigenvalue weighted by Crippen LogP contribution is -1.70. The van der Waals surface area contributed by atoms with Crippen LogP contribution in [0.5, 0.6) is 0 Å². The molecule has 1 N–H and O–H groups in total. The molecule has 0 bridgehead atoms. The van der Waals surface area contributed by atoms with Crippen LogP contribution in [0.25, 0.3) is 0 Å². The van der Waals surface area contributed by atoms with Gasteiger partial charge in [-0.05, 0) is 18.6 Å². The molecule has 0 unspecified atom stereocenters. The smallest absolute Gasteiger partial charge is 0.103 e. The van der Waals surface area contributed by atoms with Crippen molar-refractivity contribution >= 4 is 23.8 Å². The van der Waals surface area contributed by atoms with Crippen LogP contribution in [0.1, 0.15) is 26.2 Å². The van der Waals surface area contributed by atoms with Gasteiger partial charge in [0.2, 0.25) is 0 Å². The Morgan fingerprint density at radius 2 is 2.15 bits per heavy atom. The first-order valence-electron chi connectivity index (χ1n) is 4.51. The zero-order chi connectivity index (χ0) is 9.94. The molecule has 1 rings (SSSR count). The van der Waals surface area contributed by atoms with Crippen LogP contribution in [0, 0.1) is 4.64 Å². The van der Waals surface area contributed by atoms with Gasteiger partial charge in [-0.1, -0.05) is 38.0 Å². The zero-order valence-electron chi connectivity index (χ0n) is 7.92. The molecular formula is C10H16ClNS. The van der Waals surface area contributed by atoms with Crippen molar-refractivity contribution in [3.05, 3.63) is 29.0 Å². The Kier molecular flexibility index (Phi) is 9.49. The molecule has 0 atom stereocenters. The second-order valence-electron chi connectivity index (χ2n) is 2.62. The molecule has 0 aliphatic heterocycles. The highest BCUT2D eigenvalue weighted by molar-refractivity contribution is 7.71. The van der Waals surface area contributed by atoms with E-state index < -0.39 is 0 Å². The lowest BCUT2D eigenvalue weighted by atomic mass is 10.3. The van der Waals surface area contributed by atoms with Gasteiger partial charge in [0.15, 0.2) is 0 Å². The number of halogens is 1. The van der Waals surface area contributed by atoms with Gasteiger partial charge in [-0.3, -0.25) is 0 Å². The van der Waals surface area contributed by atoms with Crippen molar-refractivity contribution in [1.82, 2.24) is 4.98 Å². The van der Waals surface area contributed by atoms with Gasteiger partial charge in [-0.15, -0.1) is 11.6 Å². The number of aromatic nitrogens is 1. The Morgan fingerprint density at radius 1 is 1.38 bits per heavy atom. The first-order valence-corrected chi connectivity index (χ1v) is 5.45.